The summed E-state index contributed by atoms with van der Waals surface area (Å²) in [6.07, 6.45) is 1.66. The monoisotopic (exact) mass is 326 g/mol. The lowest BCUT2D eigenvalue weighted by atomic mass is 10.2. The summed E-state index contributed by atoms with van der Waals surface area (Å²) < 4.78 is 6.12. The largest absolute Gasteiger partial charge is 0.496 e. The van der Waals surface area contributed by atoms with E-state index < -0.39 is 0 Å². The standard InChI is InChI=1S/C13H12BrClN2O/c1-18-12-5-4-9(7-10(12)14)8-17-11-3-2-6-16-13(11)15/h2-7,17H,8H2,1H3. The molecule has 0 saturated carbocycles. The second kappa shape index (κ2) is 6.07. The summed E-state index contributed by atoms with van der Waals surface area (Å²) in [5.74, 6) is 0.818. The molecule has 2 aromatic rings. The van der Waals surface area contributed by atoms with Crippen LogP contribution in [0.4, 0.5) is 5.69 Å². The summed E-state index contributed by atoms with van der Waals surface area (Å²) in [6.45, 7) is 0.675. The highest BCUT2D eigenvalue weighted by molar-refractivity contribution is 9.10. The van der Waals surface area contributed by atoms with E-state index in [2.05, 4.69) is 26.2 Å². The van der Waals surface area contributed by atoms with Crippen molar-refractivity contribution in [2.45, 2.75) is 6.54 Å². The van der Waals surface area contributed by atoms with E-state index >= 15 is 0 Å². The lowest BCUT2D eigenvalue weighted by molar-refractivity contribution is 0.412. The van der Waals surface area contributed by atoms with Gasteiger partial charge in [0.05, 0.1) is 17.3 Å². The van der Waals surface area contributed by atoms with Crippen LogP contribution in [0.1, 0.15) is 5.56 Å². The lowest BCUT2D eigenvalue weighted by Crippen LogP contribution is -2.00. The molecule has 0 radical (unpaired) electrons. The van der Waals surface area contributed by atoms with Crippen molar-refractivity contribution in [1.29, 1.82) is 0 Å². The first kappa shape index (κ1) is 13.2. The first-order chi connectivity index (χ1) is 8.70. The third-order valence-corrected chi connectivity index (χ3v) is 3.38. The fourth-order valence-corrected chi connectivity index (χ4v) is 2.31. The normalized spacial score (nSPS) is 10.2. The Bertz CT molecular complexity index is 548. The molecule has 3 nitrogen and oxygen atoms in total. The van der Waals surface area contributed by atoms with Crippen molar-refractivity contribution in [2.75, 3.05) is 12.4 Å². The smallest absolute Gasteiger partial charge is 0.152 e. The Balaban J connectivity index is 2.07. The predicted molar refractivity (Wildman–Crippen MR) is 77.3 cm³/mol. The zero-order chi connectivity index (χ0) is 13.0. The van der Waals surface area contributed by atoms with Gasteiger partial charge in [-0.1, -0.05) is 17.7 Å². The second-order valence-electron chi connectivity index (χ2n) is 3.66. The Morgan fingerprint density at radius 2 is 2.22 bits per heavy atom. The zero-order valence-electron chi connectivity index (χ0n) is 9.78. The van der Waals surface area contributed by atoms with Crippen molar-refractivity contribution in [3.05, 3.63) is 51.7 Å². The predicted octanol–water partition coefficient (Wildman–Crippen LogP) is 4.12. The van der Waals surface area contributed by atoms with Gasteiger partial charge in [0.1, 0.15) is 5.75 Å². The van der Waals surface area contributed by atoms with Crippen LogP contribution in [0.5, 0.6) is 5.75 Å². The average Bonchev–Trinajstić information content (AvgIpc) is 2.38. The number of hydrogen-bond acceptors (Lipinski definition) is 3. The van der Waals surface area contributed by atoms with Crippen LogP contribution in [0.25, 0.3) is 0 Å². The Morgan fingerprint density at radius 3 is 2.89 bits per heavy atom. The maximum Gasteiger partial charge on any atom is 0.152 e. The molecule has 1 aromatic carbocycles. The number of aromatic nitrogens is 1. The maximum absolute atomic E-state index is 5.97. The van der Waals surface area contributed by atoms with Crippen molar-refractivity contribution in [3.8, 4) is 5.75 Å². The minimum absolute atomic E-state index is 0.477. The number of benzene rings is 1. The van der Waals surface area contributed by atoms with Crippen molar-refractivity contribution < 1.29 is 4.74 Å². The number of anilines is 1. The Kier molecular flexibility index (Phi) is 4.44. The summed E-state index contributed by atoms with van der Waals surface area (Å²) in [5.41, 5.74) is 1.95. The van der Waals surface area contributed by atoms with Crippen LogP contribution in [-0.4, -0.2) is 12.1 Å². The number of hydrogen-bond donors (Lipinski definition) is 1. The van der Waals surface area contributed by atoms with E-state index in [1.54, 1.807) is 13.3 Å². The minimum atomic E-state index is 0.477. The number of methoxy groups -OCH3 is 1. The molecule has 0 aliphatic carbocycles. The van der Waals surface area contributed by atoms with Crippen LogP contribution in [-0.2, 0) is 6.54 Å². The summed E-state index contributed by atoms with van der Waals surface area (Å²) in [4.78, 5) is 4.01. The van der Waals surface area contributed by atoms with Crippen LogP contribution in [0.2, 0.25) is 5.15 Å². The SMILES string of the molecule is COc1ccc(CNc2cccnc2Cl)cc1Br. The Morgan fingerprint density at radius 1 is 1.39 bits per heavy atom. The molecule has 0 unspecified atom stereocenters. The molecule has 18 heavy (non-hydrogen) atoms. The van der Waals surface area contributed by atoms with E-state index in [-0.39, 0.29) is 0 Å². The van der Waals surface area contributed by atoms with Crippen LogP contribution >= 0.6 is 27.5 Å². The molecule has 5 heteroatoms. The van der Waals surface area contributed by atoms with Gasteiger partial charge in [0.25, 0.3) is 0 Å². The summed E-state index contributed by atoms with van der Waals surface area (Å²) >= 11 is 9.42. The van der Waals surface area contributed by atoms with Gasteiger partial charge in [-0.2, -0.15) is 0 Å². The lowest BCUT2D eigenvalue weighted by Gasteiger charge is -2.09. The number of halogens is 2. The van der Waals surface area contributed by atoms with Crippen LogP contribution in [0, 0.1) is 0 Å². The molecular formula is C13H12BrClN2O. The maximum atomic E-state index is 5.97. The van der Waals surface area contributed by atoms with E-state index in [4.69, 9.17) is 16.3 Å². The second-order valence-corrected chi connectivity index (χ2v) is 4.88. The highest BCUT2D eigenvalue weighted by Crippen LogP contribution is 2.26. The van der Waals surface area contributed by atoms with Gasteiger partial charge in [-0.05, 0) is 45.8 Å². The summed E-state index contributed by atoms with van der Waals surface area (Å²) in [6, 6.07) is 9.68. The molecule has 0 bridgehead atoms. The number of nitrogens with one attached hydrogen (secondary N) is 1. The molecule has 1 aromatic heterocycles. The topological polar surface area (TPSA) is 34.1 Å². The fourth-order valence-electron chi connectivity index (χ4n) is 1.54. The number of nitrogens with zero attached hydrogens (tertiary/aromatic N) is 1. The Hall–Kier alpha value is -1.26. The first-order valence-corrected chi connectivity index (χ1v) is 6.54. The fraction of sp³-hybridized carbons (Fsp3) is 0.154. The molecule has 0 saturated heterocycles. The third kappa shape index (κ3) is 3.15. The van der Waals surface area contributed by atoms with Gasteiger partial charge in [-0.25, -0.2) is 4.98 Å². The summed E-state index contributed by atoms with van der Waals surface area (Å²) in [7, 11) is 1.65. The number of ether oxygens (including phenoxy) is 1. The number of rotatable bonds is 4. The van der Waals surface area contributed by atoms with Crippen LogP contribution in [0.15, 0.2) is 41.0 Å². The van der Waals surface area contributed by atoms with E-state index in [1.807, 2.05) is 30.3 Å². The molecule has 94 valence electrons. The van der Waals surface area contributed by atoms with Gasteiger partial charge in [0.15, 0.2) is 5.15 Å². The molecule has 2 rings (SSSR count). The van der Waals surface area contributed by atoms with E-state index in [9.17, 15) is 0 Å². The molecular weight excluding hydrogens is 316 g/mol. The minimum Gasteiger partial charge on any atom is -0.496 e. The molecule has 0 amide bonds. The molecule has 0 aliphatic rings. The van der Waals surface area contributed by atoms with Gasteiger partial charge in [0.2, 0.25) is 0 Å². The van der Waals surface area contributed by atoms with Crippen LogP contribution in [0.3, 0.4) is 0 Å². The van der Waals surface area contributed by atoms with Crippen molar-refractivity contribution >= 4 is 33.2 Å². The van der Waals surface area contributed by atoms with Crippen LogP contribution < -0.4 is 10.1 Å². The molecule has 0 atom stereocenters. The Labute approximate surface area is 119 Å². The summed E-state index contributed by atoms with van der Waals surface area (Å²) in [5, 5.41) is 3.71. The average molecular weight is 328 g/mol. The molecule has 0 spiro atoms. The van der Waals surface area contributed by atoms with E-state index in [0.717, 1.165) is 21.5 Å². The first-order valence-electron chi connectivity index (χ1n) is 5.37. The van der Waals surface area contributed by atoms with Gasteiger partial charge in [-0.3, -0.25) is 0 Å². The van der Waals surface area contributed by atoms with E-state index in [1.165, 1.54) is 0 Å². The van der Waals surface area contributed by atoms with Crippen molar-refractivity contribution in [2.24, 2.45) is 0 Å². The zero-order valence-corrected chi connectivity index (χ0v) is 12.1. The van der Waals surface area contributed by atoms with Crippen molar-refractivity contribution in [1.82, 2.24) is 4.98 Å². The highest BCUT2D eigenvalue weighted by Gasteiger charge is 2.03. The van der Waals surface area contributed by atoms with Gasteiger partial charge in [0, 0.05) is 12.7 Å². The van der Waals surface area contributed by atoms with Crippen molar-refractivity contribution in [3.63, 3.8) is 0 Å². The molecule has 0 aliphatic heterocycles. The van der Waals surface area contributed by atoms with Gasteiger partial charge < -0.3 is 10.1 Å². The number of pyridine rings is 1. The quantitative estimate of drug-likeness (QED) is 0.858. The molecule has 1 heterocycles. The third-order valence-electron chi connectivity index (χ3n) is 2.46. The highest BCUT2D eigenvalue weighted by atomic mass is 79.9. The van der Waals surface area contributed by atoms with Gasteiger partial charge in [-0.15, -0.1) is 0 Å². The molecule has 1 N–H and O–H groups in total. The van der Waals surface area contributed by atoms with E-state index in [0.29, 0.717) is 11.7 Å². The molecule has 0 fully saturated rings. The van der Waals surface area contributed by atoms with Gasteiger partial charge >= 0.3 is 0 Å².